The molecule has 3 amide bonds. The van der Waals surface area contributed by atoms with E-state index in [4.69, 9.17) is 0 Å². The highest BCUT2D eigenvalue weighted by Crippen LogP contribution is 2.49. The first kappa shape index (κ1) is 17.8. The molecule has 2 aliphatic rings. The molecule has 1 saturated carbocycles. The van der Waals surface area contributed by atoms with Crippen molar-refractivity contribution in [2.24, 2.45) is 0 Å². The van der Waals surface area contributed by atoms with Gasteiger partial charge in [0.2, 0.25) is 0 Å². The predicted molar refractivity (Wildman–Crippen MR) is 95.4 cm³/mol. The number of pyridine rings is 1. The fourth-order valence-corrected chi connectivity index (χ4v) is 4.08. The maximum atomic E-state index is 13.1. The molecule has 27 heavy (non-hydrogen) atoms. The zero-order chi connectivity index (χ0) is 19.3. The average molecular weight is 391 g/mol. The van der Waals surface area contributed by atoms with Crippen LogP contribution < -0.4 is 5.56 Å². The molecule has 1 N–H and O–H groups in total. The molecule has 1 aliphatic heterocycles. The van der Waals surface area contributed by atoms with Crippen molar-refractivity contribution in [1.82, 2.24) is 25.0 Å². The molecule has 1 atom stereocenters. The fourth-order valence-electron chi connectivity index (χ4n) is 3.27. The maximum absolute atomic E-state index is 13.1. The van der Waals surface area contributed by atoms with Gasteiger partial charge < -0.3 is 9.88 Å². The van der Waals surface area contributed by atoms with E-state index in [0.29, 0.717) is 35.0 Å². The van der Waals surface area contributed by atoms with E-state index >= 15 is 0 Å². The third-order valence-electron chi connectivity index (χ3n) is 5.18. The van der Waals surface area contributed by atoms with Crippen molar-refractivity contribution in [3.05, 3.63) is 33.3 Å². The molecule has 0 unspecified atom stereocenters. The van der Waals surface area contributed by atoms with Gasteiger partial charge in [0, 0.05) is 6.04 Å². The SMILES string of the molecule is CC[C@H](C)N1C(=O)N(Cc2nnc(-c3ccc(F)c(=O)[nH]3)s2)C2(CC2)C1=O. The first-order chi connectivity index (χ1) is 12.9. The van der Waals surface area contributed by atoms with E-state index < -0.39 is 16.9 Å². The van der Waals surface area contributed by atoms with Crippen LogP contribution in [0.4, 0.5) is 9.18 Å². The fraction of sp³-hybridized carbons (Fsp3) is 0.471. The summed E-state index contributed by atoms with van der Waals surface area (Å²) in [4.78, 5) is 42.4. The number of hydrogen-bond donors (Lipinski definition) is 1. The van der Waals surface area contributed by atoms with Gasteiger partial charge in [0.1, 0.15) is 10.5 Å². The highest BCUT2D eigenvalue weighted by Gasteiger charge is 2.65. The minimum Gasteiger partial charge on any atom is -0.317 e. The first-order valence-electron chi connectivity index (χ1n) is 8.74. The number of aromatic amines is 1. The van der Waals surface area contributed by atoms with Crippen LogP contribution in [0.25, 0.3) is 10.7 Å². The Bertz CT molecular complexity index is 983. The zero-order valence-corrected chi connectivity index (χ0v) is 15.7. The molecule has 4 rings (SSSR count). The van der Waals surface area contributed by atoms with Gasteiger partial charge in [-0.2, -0.15) is 0 Å². The van der Waals surface area contributed by atoms with Crippen LogP contribution in [-0.2, 0) is 11.3 Å². The summed E-state index contributed by atoms with van der Waals surface area (Å²) in [6, 6.07) is 2.04. The Kier molecular flexibility index (Phi) is 4.10. The smallest absolute Gasteiger partial charge is 0.317 e. The van der Waals surface area contributed by atoms with Crippen molar-refractivity contribution in [2.45, 2.75) is 51.2 Å². The van der Waals surface area contributed by atoms with Crippen molar-refractivity contribution in [3.63, 3.8) is 0 Å². The molecule has 2 fully saturated rings. The van der Waals surface area contributed by atoms with Crippen molar-refractivity contribution < 1.29 is 14.0 Å². The molecule has 0 bridgehead atoms. The standard InChI is InChI=1S/C17H18FN5O3S/c1-3-9(2)23-15(25)17(6-7-17)22(16(23)26)8-12-20-21-14(27-12)11-5-4-10(18)13(24)19-11/h4-5,9H,3,6-8H2,1-2H3,(H,19,24)/t9-/m0/s1. The van der Waals surface area contributed by atoms with Crippen molar-refractivity contribution in [1.29, 1.82) is 0 Å². The highest BCUT2D eigenvalue weighted by atomic mass is 32.1. The molecule has 2 aromatic heterocycles. The largest absolute Gasteiger partial charge is 0.328 e. The number of carbonyl (C=O) groups excluding carboxylic acids is 2. The van der Waals surface area contributed by atoms with Crippen molar-refractivity contribution >= 4 is 23.3 Å². The number of nitrogens with one attached hydrogen (secondary N) is 1. The molecular weight excluding hydrogens is 373 g/mol. The highest BCUT2D eigenvalue weighted by molar-refractivity contribution is 7.14. The summed E-state index contributed by atoms with van der Waals surface area (Å²) in [6.45, 7) is 3.98. The quantitative estimate of drug-likeness (QED) is 0.787. The van der Waals surface area contributed by atoms with E-state index in [9.17, 15) is 18.8 Å². The molecule has 0 aromatic carbocycles. The predicted octanol–water partition coefficient (Wildman–Crippen LogP) is 2.13. The number of hydrogen-bond acceptors (Lipinski definition) is 6. The second kappa shape index (κ2) is 6.22. The summed E-state index contributed by atoms with van der Waals surface area (Å²) in [7, 11) is 0. The van der Waals surface area contributed by atoms with Gasteiger partial charge in [-0.3, -0.25) is 14.5 Å². The van der Waals surface area contributed by atoms with Crippen LogP contribution in [0.2, 0.25) is 0 Å². The lowest BCUT2D eigenvalue weighted by atomic mass is 10.2. The molecule has 142 valence electrons. The Balaban J connectivity index is 1.59. The topological polar surface area (TPSA) is 99.3 Å². The Morgan fingerprint density at radius 3 is 2.67 bits per heavy atom. The summed E-state index contributed by atoms with van der Waals surface area (Å²) in [5, 5.41) is 9.07. The summed E-state index contributed by atoms with van der Waals surface area (Å²) in [6.07, 6.45) is 2.01. The monoisotopic (exact) mass is 391 g/mol. The lowest BCUT2D eigenvalue weighted by molar-refractivity contribution is -0.130. The molecule has 2 aromatic rings. The summed E-state index contributed by atoms with van der Waals surface area (Å²) in [5.74, 6) is -1.00. The van der Waals surface area contributed by atoms with Gasteiger partial charge in [0.25, 0.3) is 11.5 Å². The van der Waals surface area contributed by atoms with Crippen LogP contribution in [0.1, 0.15) is 38.1 Å². The van der Waals surface area contributed by atoms with Gasteiger partial charge in [-0.05, 0) is 38.3 Å². The number of aromatic nitrogens is 3. The van der Waals surface area contributed by atoms with Gasteiger partial charge in [0.15, 0.2) is 10.8 Å². The molecule has 1 saturated heterocycles. The van der Waals surface area contributed by atoms with E-state index in [1.54, 1.807) is 4.90 Å². The number of urea groups is 1. The third-order valence-corrected chi connectivity index (χ3v) is 6.12. The molecule has 8 nitrogen and oxygen atoms in total. The van der Waals surface area contributed by atoms with Crippen molar-refractivity contribution in [2.75, 3.05) is 0 Å². The number of imide groups is 1. The molecule has 1 spiro atoms. The molecule has 0 radical (unpaired) electrons. The van der Waals surface area contributed by atoms with Gasteiger partial charge in [0.05, 0.1) is 12.2 Å². The Hall–Kier alpha value is -2.62. The Morgan fingerprint density at radius 1 is 1.30 bits per heavy atom. The van der Waals surface area contributed by atoms with E-state index in [0.717, 1.165) is 6.07 Å². The van der Waals surface area contributed by atoms with E-state index in [-0.39, 0.29) is 24.5 Å². The number of amides is 3. The van der Waals surface area contributed by atoms with Crippen LogP contribution in [0.3, 0.4) is 0 Å². The lowest BCUT2D eigenvalue weighted by Gasteiger charge is -2.21. The zero-order valence-electron chi connectivity index (χ0n) is 14.9. The molecule has 1 aliphatic carbocycles. The maximum Gasteiger partial charge on any atom is 0.328 e. The number of H-pyrrole nitrogens is 1. The second-order valence-corrected chi connectivity index (χ2v) is 7.94. The Morgan fingerprint density at radius 2 is 2.04 bits per heavy atom. The number of carbonyl (C=O) groups is 2. The number of nitrogens with zero attached hydrogens (tertiary/aromatic N) is 4. The Labute approximate surface area is 158 Å². The summed E-state index contributed by atoms with van der Waals surface area (Å²) in [5.41, 5.74) is -1.21. The summed E-state index contributed by atoms with van der Waals surface area (Å²) < 4.78 is 13.1. The van der Waals surface area contributed by atoms with E-state index in [2.05, 4.69) is 15.2 Å². The normalized spacial score (nSPS) is 19.2. The summed E-state index contributed by atoms with van der Waals surface area (Å²) >= 11 is 1.20. The number of rotatable bonds is 5. The minimum absolute atomic E-state index is 0.130. The van der Waals surface area contributed by atoms with Crippen LogP contribution >= 0.6 is 11.3 Å². The average Bonchev–Trinajstić information content (AvgIpc) is 3.27. The van der Waals surface area contributed by atoms with Crippen LogP contribution in [0, 0.1) is 5.82 Å². The van der Waals surface area contributed by atoms with Crippen LogP contribution in [0.5, 0.6) is 0 Å². The third kappa shape index (κ3) is 2.75. The molecule has 10 heteroatoms. The first-order valence-corrected chi connectivity index (χ1v) is 9.56. The van der Waals surface area contributed by atoms with Crippen LogP contribution in [-0.4, -0.2) is 48.5 Å². The molecular formula is C17H18FN5O3S. The van der Waals surface area contributed by atoms with Gasteiger partial charge in [-0.15, -0.1) is 10.2 Å². The van der Waals surface area contributed by atoms with Crippen molar-refractivity contribution in [3.8, 4) is 10.7 Å². The van der Waals surface area contributed by atoms with Gasteiger partial charge >= 0.3 is 6.03 Å². The lowest BCUT2D eigenvalue weighted by Crippen LogP contribution is -2.39. The van der Waals surface area contributed by atoms with E-state index in [1.807, 2.05) is 13.8 Å². The van der Waals surface area contributed by atoms with Gasteiger partial charge in [-0.25, -0.2) is 9.18 Å². The van der Waals surface area contributed by atoms with Crippen LogP contribution in [0.15, 0.2) is 16.9 Å². The minimum atomic E-state index is -0.870. The van der Waals surface area contributed by atoms with E-state index in [1.165, 1.54) is 22.3 Å². The second-order valence-electron chi connectivity index (χ2n) is 6.88. The number of halogens is 1. The molecule has 3 heterocycles. The van der Waals surface area contributed by atoms with Gasteiger partial charge in [-0.1, -0.05) is 18.3 Å².